The van der Waals surface area contributed by atoms with E-state index in [1.807, 2.05) is 0 Å². The zero-order valence-electron chi connectivity index (χ0n) is 9.69. The van der Waals surface area contributed by atoms with E-state index in [2.05, 4.69) is 13.5 Å². The summed E-state index contributed by atoms with van der Waals surface area (Å²) in [7, 11) is 0. The van der Waals surface area contributed by atoms with E-state index in [0.29, 0.717) is 6.10 Å². The lowest BCUT2D eigenvalue weighted by atomic mass is 9.74. The van der Waals surface area contributed by atoms with E-state index < -0.39 is 0 Å². The van der Waals surface area contributed by atoms with Crippen molar-refractivity contribution in [2.75, 3.05) is 0 Å². The van der Waals surface area contributed by atoms with Crippen molar-refractivity contribution in [1.82, 2.24) is 0 Å². The second-order valence-corrected chi connectivity index (χ2v) is 5.83. The summed E-state index contributed by atoms with van der Waals surface area (Å²) in [5.74, 6) is 5.01. The van der Waals surface area contributed by atoms with Crippen molar-refractivity contribution in [3.05, 3.63) is 12.8 Å². The minimum absolute atomic E-state index is 0.402. The van der Waals surface area contributed by atoms with Crippen LogP contribution in [-0.4, -0.2) is 6.10 Å². The van der Waals surface area contributed by atoms with E-state index >= 15 is 0 Å². The molecule has 1 heteroatoms. The minimum atomic E-state index is 0.402. The molecule has 6 unspecified atom stereocenters. The lowest BCUT2D eigenvalue weighted by Crippen LogP contribution is -2.31. The third-order valence-corrected chi connectivity index (χ3v) is 5.39. The summed E-state index contributed by atoms with van der Waals surface area (Å²) in [6.07, 6.45) is 9.48. The van der Waals surface area contributed by atoms with Gasteiger partial charge in [-0.3, -0.25) is 0 Å². The maximum atomic E-state index is 5.59. The van der Waals surface area contributed by atoms with Gasteiger partial charge in [0.15, 0.2) is 0 Å². The predicted molar refractivity (Wildman–Crippen MR) is 61.3 cm³/mol. The summed E-state index contributed by atoms with van der Waals surface area (Å²) in [6.45, 7) is 5.91. The molecule has 3 aliphatic rings. The van der Waals surface area contributed by atoms with Crippen LogP contribution >= 0.6 is 0 Å². The van der Waals surface area contributed by atoms with Crippen LogP contribution in [-0.2, 0) is 4.74 Å². The first-order valence-corrected chi connectivity index (χ1v) is 6.57. The molecule has 0 aliphatic heterocycles. The van der Waals surface area contributed by atoms with Crippen LogP contribution in [0.4, 0.5) is 0 Å². The van der Waals surface area contributed by atoms with Gasteiger partial charge < -0.3 is 4.74 Å². The third-order valence-electron chi connectivity index (χ3n) is 5.39. The molecule has 0 aromatic heterocycles. The van der Waals surface area contributed by atoms with Gasteiger partial charge in [-0.25, -0.2) is 0 Å². The molecule has 0 N–H and O–H groups in total. The Labute approximate surface area is 92.9 Å². The highest BCUT2D eigenvalue weighted by molar-refractivity contribution is 5.04. The fraction of sp³-hybridized carbons (Fsp3) is 0.857. The molecule has 3 aliphatic carbocycles. The summed E-state index contributed by atoms with van der Waals surface area (Å²) in [6, 6.07) is 0. The summed E-state index contributed by atoms with van der Waals surface area (Å²) in [4.78, 5) is 0. The maximum absolute atomic E-state index is 5.59. The average Bonchev–Trinajstić information content (AvgIpc) is 2.90. The summed E-state index contributed by atoms with van der Waals surface area (Å²) in [5.41, 5.74) is 0. The standard InChI is InChI=1S/C14H22O/c1-3-15-9(2)13-7-10-8-14(13)12-6-4-5-11(10)12/h3,9-14H,1,4-8H2,2H3. The molecule has 0 aromatic rings. The second kappa shape index (κ2) is 3.54. The van der Waals surface area contributed by atoms with E-state index in [1.165, 1.54) is 32.1 Å². The van der Waals surface area contributed by atoms with Crippen LogP contribution in [0.5, 0.6) is 0 Å². The number of hydrogen-bond donors (Lipinski definition) is 0. The molecule has 0 saturated heterocycles. The Balaban J connectivity index is 1.72. The Kier molecular flexibility index (Phi) is 2.30. The Morgan fingerprint density at radius 3 is 2.80 bits per heavy atom. The van der Waals surface area contributed by atoms with Crippen LogP contribution in [0, 0.1) is 29.6 Å². The Morgan fingerprint density at radius 2 is 2.00 bits per heavy atom. The smallest absolute Gasteiger partial charge is 0.0980 e. The van der Waals surface area contributed by atoms with Crippen molar-refractivity contribution in [1.29, 1.82) is 0 Å². The van der Waals surface area contributed by atoms with Gasteiger partial charge in [0, 0.05) is 0 Å². The van der Waals surface area contributed by atoms with Crippen LogP contribution in [0.25, 0.3) is 0 Å². The Morgan fingerprint density at radius 1 is 1.20 bits per heavy atom. The average molecular weight is 206 g/mol. The minimum Gasteiger partial charge on any atom is -0.499 e. The summed E-state index contributed by atoms with van der Waals surface area (Å²) >= 11 is 0. The summed E-state index contributed by atoms with van der Waals surface area (Å²) < 4.78 is 5.59. The lowest BCUT2D eigenvalue weighted by Gasteiger charge is -2.34. The Hall–Kier alpha value is -0.460. The van der Waals surface area contributed by atoms with Gasteiger partial charge in [0.1, 0.15) is 0 Å². The van der Waals surface area contributed by atoms with Gasteiger partial charge >= 0.3 is 0 Å². The first kappa shape index (κ1) is 9.74. The quantitative estimate of drug-likeness (QED) is 0.641. The second-order valence-electron chi connectivity index (χ2n) is 5.83. The third kappa shape index (κ3) is 1.35. The van der Waals surface area contributed by atoms with Gasteiger partial charge in [-0.1, -0.05) is 13.0 Å². The molecule has 0 aromatic carbocycles. The molecule has 0 spiro atoms. The number of hydrogen-bond acceptors (Lipinski definition) is 1. The zero-order valence-corrected chi connectivity index (χ0v) is 9.69. The number of fused-ring (bicyclic) bond motifs is 5. The van der Waals surface area contributed by atoms with Crippen molar-refractivity contribution in [3.63, 3.8) is 0 Å². The first-order chi connectivity index (χ1) is 7.31. The van der Waals surface area contributed by atoms with E-state index in [0.717, 1.165) is 29.6 Å². The van der Waals surface area contributed by atoms with Crippen LogP contribution in [0.1, 0.15) is 39.0 Å². The van der Waals surface area contributed by atoms with Gasteiger partial charge in [-0.2, -0.15) is 0 Å². The van der Waals surface area contributed by atoms with Crippen molar-refractivity contribution in [2.45, 2.75) is 45.1 Å². The van der Waals surface area contributed by atoms with Crippen LogP contribution in [0.3, 0.4) is 0 Å². The SMILES string of the molecule is C=COC(C)C1CC2CC1C1CCCC21. The van der Waals surface area contributed by atoms with Crippen LogP contribution in [0.15, 0.2) is 12.8 Å². The fourth-order valence-corrected chi connectivity index (χ4v) is 4.91. The molecule has 84 valence electrons. The molecule has 1 nitrogen and oxygen atoms in total. The molecule has 2 bridgehead atoms. The van der Waals surface area contributed by atoms with Crippen molar-refractivity contribution in [2.24, 2.45) is 29.6 Å². The molecular formula is C14H22O. The molecule has 0 amide bonds. The highest BCUT2D eigenvalue weighted by Crippen LogP contribution is 2.61. The molecule has 6 atom stereocenters. The van der Waals surface area contributed by atoms with Gasteiger partial charge in [-0.05, 0) is 62.2 Å². The molecule has 15 heavy (non-hydrogen) atoms. The van der Waals surface area contributed by atoms with Gasteiger partial charge in [0.2, 0.25) is 0 Å². The predicted octanol–water partition coefficient (Wildman–Crippen LogP) is 3.61. The molecule has 3 saturated carbocycles. The number of rotatable bonds is 3. The monoisotopic (exact) mass is 206 g/mol. The van der Waals surface area contributed by atoms with Crippen LogP contribution in [0.2, 0.25) is 0 Å². The van der Waals surface area contributed by atoms with Crippen molar-refractivity contribution >= 4 is 0 Å². The van der Waals surface area contributed by atoms with E-state index in [-0.39, 0.29) is 0 Å². The fourth-order valence-electron chi connectivity index (χ4n) is 4.91. The van der Waals surface area contributed by atoms with E-state index in [1.54, 1.807) is 6.26 Å². The maximum Gasteiger partial charge on any atom is 0.0980 e. The van der Waals surface area contributed by atoms with Crippen molar-refractivity contribution < 1.29 is 4.74 Å². The lowest BCUT2D eigenvalue weighted by molar-refractivity contribution is 0.0447. The molecule has 0 heterocycles. The van der Waals surface area contributed by atoms with Gasteiger partial charge in [-0.15, -0.1) is 0 Å². The topological polar surface area (TPSA) is 9.23 Å². The van der Waals surface area contributed by atoms with Crippen molar-refractivity contribution in [3.8, 4) is 0 Å². The molecule has 0 radical (unpaired) electrons. The highest BCUT2D eigenvalue weighted by atomic mass is 16.5. The van der Waals surface area contributed by atoms with E-state index in [4.69, 9.17) is 4.74 Å². The van der Waals surface area contributed by atoms with E-state index in [9.17, 15) is 0 Å². The highest BCUT2D eigenvalue weighted by Gasteiger charge is 2.54. The molecule has 3 rings (SSSR count). The van der Waals surface area contributed by atoms with Gasteiger partial charge in [0.05, 0.1) is 12.4 Å². The van der Waals surface area contributed by atoms with Crippen LogP contribution < -0.4 is 0 Å². The number of ether oxygens (including phenoxy) is 1. The summed E-state index contributed by atoms with van der Waals surface area (Å²) in [5, 5.41) is 0. The largest absolute Gasteiger partial charge is 0.499 e. The van der Waals surface area contributed by atoms with Gasteiger partial charge in [0.25, 0.3) is 0 Å². The normalized spacial score (nSPS) is 49.0. The zero-order chi connectivity index (χ0) is 10.4. The first-order valence-electron chi connectivity index (χ1n) is 6.57. The molecule has 3 fully saturated rings. The molecular weight excluding hydrogens is 184 g/mol. The Bertz CT molecular complexity index is 260.